The van der Waals surface area contributed by atoms with Crippen LogP contribution in [0, 0.1) is 0 Å². The molecule has 8 heteroatoms. The zero-order valence-electron chi connectivity index (χ0n) is 12.1. The van der Waals surface area contributed by atoms with Gasteiger partial charge in [0.1, 0.15) is 6.04 Å². The van der Waals surface area contributed by atoms with Crippen molar-refractivity contribution in [3.63, 3.8) is 0 Å². The summed E-state index contributed by atoms with van der Waals surface area (Å²) < 4.78 is 31.3. The first-order valence-corrected chi connectivity index (χ1v) is 8.89. The van der Waals surface area contributed by atoms with Gasteiger partial charge in [-0.1, -0.05) is 29.8 Å². The van der Waals surface area contributed by atoms with Crippen LogP contribution < -0.4 is 0 Å². The molecule has 0 aliphatic carbocycles. The molecule has 0 spiro atoms. The van der Waals surface area contributed by atoms with Crippen LogP contribution in [0.5, 0.6) is 0 Å². The Kier molecular flexibility index (Phi) is 5.44. The number of rotatable bonds is 5. The van der Waals surface area contributed by atoms with Crippen molar-refractivity contribution < 1.29 is 23.1 Å². The highest BCUT2D eigenvalue weighted by atomic mass is 35.5. The van der Waals surface area contributed by atoms with Gasteiger partial charge in [-0.25, -0.2) is 8.42 Å². The number of aryl methyl sites for hydroxylation is 1. The van der Waals surface area contributed by atoms with Crippen LogP contribution in [0.1, 0.15) is 12.5 Å². The number of carboxylic acids is 1. The first-order valence-electron chi connectivity index (χ1n) is 6.90. The Hall–Kier alpha value is -1.15. The summed E-state index contributed by atoms with van der Waals surface area (Å²) in [4.78, 5) is 11.3. The van der Waals surface area contributed by atoms with Gasteiger partial charge in [-0.15, -0.1) is 0 Å². The fourth-order valence-corrected chi connectivity index (χ4v) is 4.39. The second-order valence-corrected chi connectivity index (χ2v) is 7.58. The zero-order valence-corrected chi connectivity index (χ0v) is 13.7. The van der Waals surface area contributed by atoms with Gasteiger partial charge in [0, 0.05) is 11.6 Å². The van der Waals surface area contributed by atoms with Gasteiger partial charge < -0.3 is 9.84 Å². The number of hydrogen-bond acceptors (Lipinski definition) is 4. The second-order valence-electron chi connectivity index (χ2n) is 5.13. The number of aliphatic carboxylic acids is 1. The fraction of sp³-hybridized carbons (Fsp3) is 0.500. The third-order valence-corrected chi connectivity index (χ3v) is 5.86. The number of nitrogens with zero attached hydrogens (tertiary/aromatic N) is 1. The predicted molar refractivity (Wildman–Crippen MR) is 82.5 cm³/mol. The van der Waals surface area contributed by atoms with E-state index >= 15 is 0 Å². The minimum absolute atomic E-state index is 0.0478. The standard InChI is InChI=1S/C14H18ClNO5S/c1-10-13(14(17)18)16(7-8-21-10)22(19,20)9-6-11-4-2-3-5-12(11)15/h2-5,10,13H,6-9H2,1H3,(H,17,18)/t10-,13+/m0/s1. The summed E-state index contributed by atoms with van der Waals surface area (Å²) in [7, 11) is -3.71. The lowest BCUT2D eigenvalue weighted by molar-refractivity contribution is -0.150. The molecule has 1 aromatic carbocycles. The normalized spacial score (nSPS) is 23.4. The monoisotopic (exact) mass is 347 g/mol. The van der Waals surface area contributed by atoms with E-state index in [0.29, 0.717) is 5.02 Å². The van der Waals surface area contributed by atoms with Crippen LogP contribution in [0.25, 0.3) is 0 Å². The SMILES string of the molecule is C[C@@H]1OCCN(S(=O)(=O)CCc2ccccc2Cl)[C@H]1C(=O)O. The average molecular weight is 348 g/mol. The lowest BCUT2D eigenvalue weighted by Crippen LogP contribution is -2.56. The smallest absolute Gasteiger partial charge is 0.324 e. The molecule has 0 bridgehead atoms. The Bertz CT molecular complexity index is 648. The van der Waals surface area contributed by atoms with Gasteiger partial charge in [0.15, 0.2) is 0 Å². The Morgan fingerprint density at radius 1 is 1.45 bits per heavy atom. The molecule has 0 saturated carbocycles. The topological polar surface area (TPSA) is 83.9 Å². The molecule has 0 amide bonds. The van der Waals surface area contributed by atoms with Crippen molar-refractivity contribution in [2.24, 2.45) is 0 Å². The Morgan fingerprint density at radius 3 is 2.77 bits per heavy atom. The van der Waals surface area contributed by atoms with E-state index in [1.54, 1.807) is 31.2 Å². The maximum atomic E-state index is 12.5. The number of hydrogen-bond donors (Lipinski definition) is 1. The zero-order chi connectivity index (χ0) is 16.3. The summed E-state index contributed by atoms with van der Waals surface area (Å²) in [6.07, 6.45) is -0.443. The van der Waals surface area contributed by atoms with E-state index in [9.17, 15) is 18.3 Å². The number of benzene rings is 1. The number of morpholine rings is 1. The van der Waals surface area contributed by atoms with E-state index < -0.39 is 28.1 Å². The number of ether oxygens (including phenoxy) is 1. The number of sulfonamides is 1. The largest absolute Gasteiger partial charge is 0.480 e. The van der Waals surface area contributed by atoms with Crippen molar-refractivity contribution in [1.29, 1.82) is 0 Å². The molecule has 1 fully saturated rings. The number of carboxylic acid groups (broad SMARTS) is 1. The summed E-state index contributed by atoms with van der Waals surface area (Å²) in [5.74, 6) is -1.39. The average Bonchev–Trinajstić information content (AvgIpc) is 2.46. The fourth-order valence-electron chi connectivity index (χ4n) is 2.49. The lowest BCUT2D eigenvalue weighted by atomic mass is 10.1. The minimum Gasteiger partial charge on any atom is -0.480 e. The van der Waals surface area contributed by atoms with Gasteiger partial charge in [0.2, 0.25) is 10.0 Å². The van der Waals surface area contributed by atoms with Crippen molar-refractivity contribution in [1.82, 2.24) is 4.31 Å². The Balaban J connectivity index is 2.15. The minimum atomic E-state index is -3.71. The summed E-state index contributed by atoms with van der Waals surface area (Å²) >= 11 is 6.02. The van der Waals surface area contributed by atoms with E-state index in [1.165, 1.54) is 0 Å². The molecule has 2 atom stereocenters. The van der Waals surface area contributed by atoms with E-state index in [-0.39, 0.29) is 25.3 Å². The molecule has 2 rings (SSSR count). The van der Waals surface area contributed by atoms with Crippen molar-refractivity contribution in [3.05, 3.63) is 34.9 Å². The molecular formula is C14H18ClNO5S. The van der Waals surface area contributed by atoms with E-state index in [0.717, 1.165) is 9.87 Å². The molecule has 1 aliphatic rings. The van der Waals surface area contributed by atoms with E-state index in [1.807, 2.05) is 0 Å². The lowest BCUT2D eigenvalue weighted by Gasteiger charge is -2.36. The quantitative estimate of drug-likeness (QED) is 0.870. The van der Waals surface area contributed by atoms with Gasteiger partial charge in [-0.3, -0.25) is 4.79 Å². The van der Waals surface area contributed by atoms with Crippen molar-refractivity contribution >= 4 is 27.6 Å². The maximum absolute atomic E-state index is 12.5. The molecule has 0 unspecified atom stereocenters. The molecule has 0 radical (unpaired) electrons. The number of carbonyl (C=O) groups is 1. The first kappa shape index (κ1) is 17.2. The first-order chi connectivity index (χ1) is 10.3. The van der Waals surface area contributed by atoms with Gasteiger partial charge in [0.05, 0.1) is 18.5 Å². The molecule has 22 heavy (non-hydrogen) atoms. The maximum Gasteiger partial charge on any atom is 0.324 e. The summed E-state index contributed by atoms with van der Waals surface area (Å²) in [5, 5.41) is 9.77. The van der Waals surface area contributed by atoms with Crippen LogP contribution in [0.2, 0.25) is 5.02 Å². The third kappa shape index (κ3) is 3.78. The summed E-state index contributed by atoms with van der Waals surface area (Å²) in [5.41, 5.74) is 0.723. The third-order valence-electron chi connectivity index (χ3n) is 3.64. The Labute approximate surface area is 134 Å². The van der Waals surface area contributed by atoms with Gasteiger partial charge >= 0.3 is 5.97 Å². The summed E-state index contributed by atoms with van der Waals surface area (Å²) in [6, 6.07) is 5.81. The molecule has 1 heterocycles. The van der Waals surface area contributed by atoms with Gasteiger partial charge in [-0.05, 0) is 25.0 Å². The highest BCUT2D eigenvalue weighted by molar-refractivity contribution is 7.89. The molecule has 1 aliphatic heterocycles. The second kappa shape index (κ2) is 6.95. The molecule has 0 aromatic heterocycles. The molecule has 6 nitrogen and oxygen atoms in total. The van der Waals surface area contributed by atoms with Crippen molar-refractivity contribution in [2.75, 3.05) is 18.9 Å². The van der Waals surface area contributed by atoms with Crippen LogP contribution >= 0.6 is 11.6 Å². The van der Waals surface area contributed by atoms with Crippen molar-refractivity contribution in [3.8, 4) is 0 Å². The molecular weight excluding hydrogens is 330 g/mol. The molecule has 122 valence electrons. The van der Waals surface area contributed by atoms with Crippen LogP contribution in [0.4, 0.5) is 0 Å². The molecule has 1 N–H and O–H groups in total. The molecule has 1 aromatic rings. The van der Waals surface area contributed by atoms with E-state index in [4.69, 9.17) is 16.3 Å². The van der Waals surface area contributed by atoms with E-state index in [2.05, 4.69) is 0 Å². The van der Waals surface area contributed by atoms with Crippen LogP contribution in [-0.4, -0.2) is 54.8 Å². The number of halogens is 1. The van der Waals surface area contributed by atoms with Crippen LogP contribution in [0.15, 0.2) is 24.3 Å². The highest BCUT2D eigenvalue weighted by Gasteiger charge is 2.41. The van der Waals surface area contributed by atoms with Crippen LogP contribution in [-0.2, 0) is 26.0 Å². The molecule has 1 saturated heterocycles. The predicted octanol–water partition coefficient (Wildman–Crippen LogP) is 1.39. The summed E-state index contributed by atoms with van der Waals surface area (Å²) in [6.45, 7) is 1.80. The van der Waals surface area contributed by atoms with Crippen molar-refractivity contribution in [2.45, 2.75) is 25.5 Å². The van der Waals surface area contributed by atoms with Gasteiger partial charge in [0.25, 0.3) is 0 Å². The Morgan fingerprint density at radius 2 is 2.14 bits per heavy atom. The van der Waals surface area contributed by atoms with Crippen LogP contribution in [0.3, 0.4) is 0 Å². The van der Waals surface area contributed by atoms with Gasteiger partial charge in [-0.2, -0.15) is 4.31 Å². The highest BCUT2D eigenvalue weighted by Crippen LogP contribution is 2.21.